The summed E-state index contributed by atoms with van der Waals surface area (Å²) in [6.45, 7) is 5.71. The molecule has 0 spiro atoms. The zero-order chi connectivity index (χ0) is 24.6. The molecule has 2 heterocycles. The van der Waals surface area contributed by atoms with Gasteiger partial charge in [0.05, 0.1) is 34.4 Å². The Labute approximate surface area is 202 Å². The van der Waals surface area contributed by atoms with Crippen LogP contribution in [0.4, 0.5) is 4.39 Å². The fraction of sp³-hybridized carbons (Fsp3) is 0.458. The lowest BCUT2D eigenvalue weighted by atomic mass is 9.89. The molecule has 1 aromatic carbocycles. The molecule has 2 fully saturated rings. The van der Waals surface area contributed by atoms with Crippen molar-refractivity contribution < 1.29 is 18.7 Å². The number of nitrogens with one attached hydrogen (secondary N) is 2. The van der Waals surface area contributed by atoms with E-state index in [4.69, 9.17) is 21.7 Å². The molecular weight excluding hydrogens is 461 g/mol. The third kappa shape index (κ3) is 4.89. The van der Waals surface area contributed by atoms with Gasteiger partial charge in [-0.05, 0) is 26.0 Å². The molecule has 10 heteroatoms. The zero-order valence-corrected chi connectivity index (χ0v) is 20.1. The molecule has 1 aliphatic carbocycles. The van der Waals surface area contributed by atoms with Gasteiger partial charge in [0.2, 0.25) is 5.91 Å². The Bertz CT molecular complexity index is 1130. The van der Waals surface area contributed by atoms with Gasteiger partial charge in [-0.15, -0.1) is 0 Å². The van der Waals surface area contributed by atoms with Crippen LogP contribution in [0.25, 0.3) is 0 Å². The average Bonchev–Trinajstić information content (AvgIpc) is 3.16. The number of rotatable bonds is 6. The first kappa shape index (κ1) is 24.1. The molecule has 34 heavy (non-hydrogen) atoms. The highest BCUT2D eigenvalue weighted by atomic mass is 35.5. The maximum Gasteiger partial charge on any atom is 0.257 e. The molecule has 0 bridgehead atoms. The number of nitrogens with zero attached hydrogens (tertiary/aromatic N) is 3. The molecule has 2 amide bonds. The molecule has 2 N–H and O–H groups in total. The van der Waals surface area contributed by atoms with E-state index in [-0.39, 0.29) is 48.4 Å². The van der Waals surface area contributed by atoms with Gasteiger partial charge < -0.3 is 20.4 Å². The predicted octanol–water partition coefficient (Wildman–Crippen LogP) is 3.58. The van der Waals surface area contributed by atoms with Crippen LogP contribution < -0.4 is 10.1 Å². The number of aromatic nitrogens is 2. The predicted molar refractivity (Wildman–Crippen MR) is 125 cm³/mol. The lowest BCUT2D eigenvalue weighted by molar-refractivity contribution is -0.122. The van der Waals surface area contributed by atoms with Crippen LogP contribution in [-0.2, 0) is 4.79 Å². The van der Waals surface area contributed by atoms with E-state index in [0.29, 0.717) is 47.2 Å². The highest BCUT2D eigenvalue weighted by molar-refractivity contribution is 6.31. The van der Waals surface area contributed by atoms with Crippen LogP contribution in [0.2, 0.25) is 5.02 Å². The molecule has 1 atom stereocenters. The minimum Gasteiger partial charge on any atom is -0.489 e. The zero-order valence-electron chi connectivity index (χ0n) is 19.3. The quantitative estimate of drug-likeness (QED) is 0.647. The monoisotopic (exact) mass is 487 g/mol. The van der Waals surface area contributed by atoms with Gasteiger partial charge in [0.1, 0.15) is 23.5 Å². The summed E-state index contributed by atoms with van der Waals surface area (Å²) >= 11 is 6.17. The highest BCUT2D eigenvalue weighted by Gasteiger charge is 2.37. The fourth-order valence-electron chi connectivity index (χ4n) is 4.22. The Morgan fingerprint density at radius 3 is 2.59 bits per heavy atom. The first-order valence-corrected chi connectivity index (χ1v) is 11.7. The molecule has 1 saturated carbocycles. The number of carbonyl (C=O) groups is 2. The van der Waals surface area contributed by atoms with Crippen LogP contribution in [0, 0.1) is 25.1 Å². The van der Waals surface area contributed by atoms with Crippen molar-refractivity contribution >= 4 is 29.1 Å². The van der Waals surface area contributed by atoms with Crippen molar-refractivity contribution in [1.29, 1.82) is 5.41 Å². The Kier molecular flexibility index (Phi) is 6.84. The summed E-state index contributed by atoms with van der Waals surface area (Å²) in [6, 6.07) is 3.86. The second-order valence-corrected chi connectivity index (χ2v) is 9.18. The largest absolute Gasteiger partial charge is 0.489 e. The van der Waals surface area contributed by atoms with E-state index >= 15 is 0 Å². The normalized spacial score (nSPS) is 21.9. The van der Waals surface area contributed by atoms with Crippen molar-refractivity contribution in [1.82, 2.24) is 20.2 Å². The van der Waals surface area contributed by atoms with E-state index in [9.17, 15) is 14.0 Å². The van der Waals surface area contributed by atoms with E-state index in [1.807, 2.05) is 0 Å². The van der Waals surface area contributed by atoms with Crippen LogP contribution in [0.3, 0.4) is 0 Å². The number of hydrogen-bond acceptors (Lipinski definition) is 6. The number of benzene rings is 1. The van der Waals surface area contributed by atoms with Crippen molar-refractivity contribution in [3.63, 3.8) is 0 Å². The van der Waals surface area contributed by atoms with Gasteiger partial charge >= 0.3 is 0 Å². The lowest BCUT2D eigenvalue weighted by Gasteiger charge is -2.36. The minimum atomic E-state index is -0.505. The van der Waals surface area contributed by atoms with Crippen molar-refractivity contribution in [3.8, 4) is 5.75 Å². The summed E-state index contributed by atoms with van der Waals surface area (Å²) in [5, 5.41) is 11.8. The van der Waals surface area contributed by atoms with Crippen LogP contribution in [0.5, 0.6) is 5.75 Å². The average molecular weight is 488 g/mol. The van der Waals surface area contributed by atoms with Gasteiger partial charge in [0, 0.05) is 43.6 Å². The van der Waals surface area contributed by atoms with Crippen molar-refractivity contribution in [3.05, 3.63) is 51.8 Å². The number of carbonyl (C=O) groups excluding carboxylic acids is 2. The fourth-order valence-corrected chi connectivity index (χ4v) is 4.30. The molecule has 1 aliphatic heterocycles. The smallest absolute Gasteiger partial charge is 0.257 e. The summed E-state index contributed by atoms with van der Waals surface area (Å²) in [4.78, 5) is 35.3. The summed E-state index contributed by atoms with van der Waals surface area (Å²) < 4.78 is 19.9. The number of hydrogen-bond donors (Lipinski definition) is 2. The van der Waals surface area contributed by atoms with Gasteiger partial charge in [-0.1, -0.05) is 18.5 Å². The lowest BCUT2D eigenvalue weighted by Crippen LogP contribution is -2.49. The maximum atomic E-state index is 14.0. The Morgan fingerprint density at radius 1 is 1.26 bits per heavy atom. The van der Waals surface area contributed by atoms with Crippen LogP contribution >= 0.6 is 11.6 Å². The summed E-state index contributed by atoms with van der Waals surface area (Å²) in [7, 11) is 0. The van der Waals surface area contributed by atoms with Crippen molar-refractivity contribution in [2.75, 3.05) is 13.1 Å². The first-order chi connectivity index (χ1) is 16.2. The van der Waals surface area contributed by atoms with E-state index in [0.717, 1.165) is 0 Å². The molecule has 1 aromatic heterocycles. The van der Waals surface area contributed by atoms with Gasteiger partial charge in [-0.25, -0.2) is 14.4 Å². The van der Waals surface area contributed by atoms with Crippen LogP contribution in [0.1, 0.15) is 59.7 Å². The topological polar surface area (TPSA) is 108 Å². The molecule has 2 aliphatic rings. The highest BCUT2D eigenvalue weighted by Crippen LogP contribution is 2.32. The molecule has 0 radical (unpaired) electrons. The van der Waals surface area contributed by atoms with Gasteiger partial charge in [0.15, 0.2) is 0 Å². The molecule has 180 valence electrons. The molecule has 2 aromatic rings. The van der Waals surface area contributed by atoms with Gasteiger partial charge in [-0.3, -0.25) is 9.59 Å². The van der Waals surface area contributed by atoms with Gasteiger partial charge in [-0.2, -0.15) is 0 Å². The standard InChI is InChI=1S/C24H27ClFN5O3/c1-4-21(32)30-15-8-16(9-15)34-20-7-14(26)5-6-17(20)24(33)31-10-18(19(27)11-31)23-28-12(2)22(25)13(3)29-23/h5-7,15-16,18,27H,4,8-11H2,1-3H3,(H,30,32). The second kappa shape index (κ2) is 9.66. The summed E-state index contributed by atoms with van der Waals surface area (Å²) in [5.74, 6) is -0.678. The minimum absolute atomic E-state index is 0.0221. The van der Waals surface area contributed by atoms with E-state index < -0.39 is 11.7 Å². The molecule has 4 rings (SSSR count). The van der Waals surface area contributed by atoms with Crippen LogP contribution in [-0.4, -0.2) is 57.6 Å². The summed E-state index contributed by atoms with van der Waals surface area (Å²) in [6.07, 6.45) is 1.39. The SMILES string of the molecule is CCC(=O)NC1CC(Oc2cc(F)ccc2C(=O)N2CC(=N)C(c3nc(C)c(Cl)c(C)n3)C2)C1. The van der Waals surface area contributed by atoms with E-state index in [1.54, 1.807) is 20.8 Å². The van der Waals surface area contributed by atoms with E-state index in [1.165, 1.54) is 23.1 Å². The number of ether oxygens (including phenoxy) is 1. The van der Waals surface area contributed by atoms with Crippen molar-refractivity contribution in [2.24, 2.45) is 0 Å². The number of amides is 2. The molecule has 1 unspecified atom stereocenters. The number of likely N-dealkylation sites (tertiary alicyclic amines) is 1. The maximum absolute atomic E-state index is 14.0. The number of halogens is 2. The third-order valence-electron chi connectivity index (χ3n) is 6.23. The van der Waals surface area contributed by atoms with Crippen molar-refractivity contribution in [2.45, 2.75) is 58.1 Å². The van der Waals surface area contributed by atoms with Gasteiger partial charge in [0.25, 0.3) is 5.91 Å². The Morgan fingerprint density at radius 2 is 1.94 bits per heavy atom. The summed E-state index contributed by atoms with van der Waals surface area (Å²) in [5.41, 5.74) is 1.82. The molecular formula is C24H27ClFN5O3. The van der Waals surface area contributed by atoms with E-state index in [2.05, 4.69) is 15.3 Å². The molecule has 8 nitrogen and oxygen atoms in total. The Balaban J connectivity index is 1.47. The third-order valence-corrected chi connectivity index (χ3v) is 6.78. The van der Waals surface area contributed by atoms with Crippen LogP contribution in [0.15, 0.2) is 18.2 Å². The molecule has 1 saturated heterocycles. The Hall–Kier alpha value is -3.07. The first-order valence-electron chi connectivity index (χ1n) is 11.3. The second-order valence-electron chi connectivity index (χ2n) is 8.80. The number of aryl methyl sites for hydroxylation is 2.